The third-order valence-corrected chi connectivity index (χ3v) is 12.5. The Bertz CT molecular complexity index is 2840. The van der Waals surface area contributed by atoms with Crippen molar-refractivity contribution in [1.29, 1.82) is 0 Å². The van der Waals surface area contributed by atoms with E-state index in [4.69, 9.17) is 14.2 Å². The smallest absolute Gasteiger partial charge is 0.401 e. The fourth-order valence-corrected chi connectivity index (χ4v) is 8.42. The molecular formula is C50H49F4N9O4. The van der Waals surface area contributed by atoms with Gasteiger partial charge in [-0.3, -0.25) is 9.89 Å². The fourth-order valence-electron chi connectivity index (χ4n) is 8.42. The minimum atomic E-state index is -4.54. The molecule has 0 bridgehead atoms. The molecule has 7 aromatic rings. The van der Waals surface area contributed by atoms with E-state index in [-0.39, 0.29) is 36.1 Å². The number of rotatable bonds is 15. The highest BCUT2D eigenvalue weighted by Gasteiger charge is 2.51. The van der Waals surface area contributed by atoms with Crippen molar-refractivity contribution in [1.82, 2.24) is 40.2 Å². The number of amides is 1. The molecule has 4 aromatic heterocycles. The number of benzene rings is 3. The highest BCUT2D eigenvalue weighted by Crippen LogP contribution is 2.47. The number of nitrogens with zero attached hydrogens (tertiary/aromatic N) is 7. The molecule has 9 rings (SSSR count). The molecule has 1 amide bonds. The number of halogens is 4. The molecule has 17 heteroatoms. The van der Waals surface area contributed by atoms with Crippen LogP contribution in [0.5, 0.6) is 17.5 Å². The highest BCUT2D eigenvalue weighted by molar-refractivity contribution is 5.93. The number of anilines is 1. The topological polar surface area (TPSA) is 145 Å². The summed E-state index contributed by atoms with van der Waals surface area (Å²) < 4.78 is 76.4. The van der Waals surface area contributed by atoms with Gasteiger partial charge in [0.25, 0.3) is 5.91 Å². The normalized spacial score (nSPS) is 15.0. The largest absolute Gasteiger partial charge is 0.490 e. The van der Waals surface area contributed by atoms with E-state index in [0.29, 0.717) is 48.4 Å². The fraction of sp³-hybridized carbons (Fsp3) is 0.320. The number of pyridine rings is 2. The monoisotopic (exact) mass is 915 g/mol. The van der Waals surface area contributed by atoms with E-state index in [9.17, 15) is 18.0 Å². The number of aromatic nitrogens is 7. The summed E-state index contributed by atoms with van der Waals surface area (Å²) in [6.07, 6.45) is 3.77. The second-order valence-corrected chi connectivity index (χ2v) is 17.8. The van der Waals surface area contributed by atoms with Gasteiger partial charge in [-0.25, -0.2) is 19.0 Å². The summed E-state index contributed by atoms with van der Waals surface area (Å²) in [5, 5.41) is 13.2. The lowest BCUT2D eigenvalue weighted by Gasteiger charge is -2.53. The zero-order valence-electron chi connectivity index (χ0n) is 37.2. The lowest BCUT2D eigenvalue weighted by molar-refractivity contribution is -0.182. The first-order valence-electron chi connectivity index (χ1n) is 22.1. The Kier molecular flexibility index (Phi) is 12.4. The Morgan fingerprint density at radius 1 is 0.881 bits per heavy atom. The van der Waals surface area contributed by atoms with Gasteiger partial charge in [0.15, 0.2) is 17.5 Å². The Balaban J connectivity index is 0.771. The average molecular weight is 916 g/mol. The summed E-state index contributed by atoms with van der Waals surface area (Å²) in [4.78, 5) is 28.1. The molecule has 2 fully saturated rings. The molecule has 1 saturated carbocycles. The maximum atomic E-state index is 15.9. The first kappa shape index (κ1) is 44.9. The van der Waals surface area contributed by atoms with Gasteiger partial charge in [0.1, 0.15) is 30.2 Å². The third kappa shape index (κ3) is 9.95. The summed E-state index contributed by atoms with van der Waals surface area (Å²) in [6, 6.07) is 30.4. The maximum absolute atomic E-state index is 15.9. The van der Waals surface area contributed by atoms with Crippen molar-refractivity contribution in [3.8, 4) is 34.3 Å². The molecule has 0 atom stereocenters. The van der Waals surface area contributed by atoms with Crippen LogP contribution in [0.25, 0.3) is 16.8 Å². The van der Waals surface area contributed by atoms with Gasteiger partial charge in [-0.05, 0) is 93.5 Å². The van der Waals surface area contributed by atoms with Crippen LogP contribution in [0.1, 0.15) is 78.2 Å². The van der Waals surface area contributed by atoms with Crippen LogP contribution < -0.4 is 24.4 Å². The lowest BCUT2D eigenvalue weighted by atomic mass is 9.68. The van der Waals surface area contributed by atoms with Crippen molar-refractivity contribution in [2.45, 2.75) is 83.9 Å². The minimum absolute atomic E-state index is 0.0288. The van der Waals surface area contributed by atoms with Gasteiger partial charge >= 0.3 is 6.18 Å². The van der Waals surface area contributed by atoms with Crippen LogP contribution in [0.3, 0.4) is 0 Å². The molecule has 5 heterocycles. The number of hydrogen-bond acceptors (Lipinski definition) is 10. The standard InChI is InChI=1S/C50H49F4N9O4/c1-32-22-38(14-16-41(32)63-27-36(25-57-63)45(64)56-26-42-58-47(61-60-42)48(2,3)50(52,53)54)67-37-18-20-49(21-19-37)30-62(31-49)44-40(51)23-35(24-55-44)39-15-17-43(65-28-33-10-6-4-7-11-33)59-46(39)66-29-34-12-8-5-9-13-34/h4-17,22-25,27,37H,18-21,26,28-31H2,1-3H3,(H,56,64)(H,58,60,61). The van der Waals surface area contributed by atoms with E-state index in [1.54, 1.807) is 23.1 Å². The van der Waals surface area contributed by atoms with Gasteiger partial charge in [-0.1, -0.05) is 60.7 Å². The second-order valence-electron chi connectivity index (χ2n) is 17.8. The van der Waals surface area contributed by atoms with Gasteiger partial charge in [-0.2, -0.15) is 28.4 Å². The summed E-state index contributed by atoms with van der Waals surface area (Å²) in [5.74, 6) is 0.588. The van der Waals surface area contributed by atoms with E-state index in [1.807, 2.05) is 96.8 Å². The van der Waals surface area contributed by atoms with E-state index in [0.717, 1.165) is 67.7 Å². The Morgan fingerprint density at radius 2 is 1.58 bits per heavy atom. The first-order chi connectivity index (χ1) is 32.2. The molecule has 1 saturated heterocycles. The SMILES string of the molecule is Cc1cc(OC2CCC3(CC2)CN(c2ncc(-c4ccc(OCc5ccccc5)nc4OCc4ccccc4)cc2F)C3)ccc1-n1cc(C(=O)NCc2nc(C(C)(C)C(F)(F)F)n[nH]2)cn1. The Hall–Kier alpha value is -7.30. The molecular weight excluding hydrogens is 867 g/mol. The summed E-state index contributed by atoms with van der Waals surface area (Å²) >= 11 is 0. The van der Waals surface area contributed by atoms with Crippen molar-refractivity contribution in [3.63, 3.8) is 0 Å². The summed E-state index contributed by atoms with van der Waals surface area (Å²) in [5.41, 5.74) is 2.86. The van der Waals surface area contributed by atoms with Crippen LogP contribution in [-0.4, -0.2) is 66.2 Å². The number of carbonyl (C=O) groups excluding carboxylic acids is 1. The zero-order valence-corrected chi connectivity index (χ0v) is 37.2. The van der Waals surface area contributed by atoms with E-state index >= 15 is 4.39 Å². The van der Waals surface area contributed by atoms with E-state index in [2.05, 4.69) is 35.6 Å². The highest BCUT2D eigenvalue weighted by atomic mass is 19.4. The maximum Gasteiger partial charge on any atom is 0.401 e. The van der Waals surface area contributed by atoms with Crippen LogP contribution in [-0.2, 0) is 25.2 Å². The average Bonchev–Trinajstić information content (AvgIpc) is 4.01. The molecule has 0 radical (unpaired) electrons. The van der Waals surface area contributed by atoms with Crippen LogP contribution in [0.4, 0.5) is 23.4 Å². The van der Waals surface area contributed by atoms with Gasteiger partial charge in [0.2, 0.25) is 11.8 Å². The van der Waals surface area contributed by atoms with Crippen LogP contribution in [0.15, 0.2) is 116 Å². The number of nitrogens with one attached hydrogen (secondary N) is 2. The molecule has 0 unspecified atom stereocenters. The lowest BCUT2D eigenvalue weighted by Crippen LogP contribution is -2.58. The minimum Gasteiger partial charge on any atom is -0.490 e. The van der Waals surface area contributed by atoms with Gasteiger partial charge in [0.05, 0.1) is 30.1 Å². The van der Waals surface area contributed by atoms with E-state index < -0.39 is 29.1 Å². The summed E-state index contributed by atoms with van der Waals surface area (Å²) in [6.45, 7) is 5.82. The van der Waals surface area contributed by atoms with Gasteiger partial charge < -0.3 is 24.4 Å². The first-order valence-corrected chi connectivity index (χ1v) is 22.1. The predicted molar refractivity (Wildman–Crippen MR) is 241 cm³/mol. The van der Waals surface area contributed by atoms with Crippen LogP contribution in [0, 0.1) is 18.2 Å². The molecule has 1 spiro atoms. The van der Waals surface area contributed by atoms with Crippen LogP contribution in [0.2, 0.25) is 0 Å². The Morgan fingerprint density at radius 3 is 2.25 bits per heavy atom. The number of alkyl halides is 3. The van der Waals surface area contributed by atoms with Crippen molar-refractivity contribution >= 4 is 11.7 Å². The predicted octanol–water partition coefficient (Wildman–Crippen LogP) is 9.65. The zero-order chi connectivity index (χ0) is 46.8. The molecule has 3 aromatic carbocycles. The molecule has 346 valence electrons. The number of ether oxygens (including phenoxy) is 3. The molecule has 1 aliphatic heterocycles. The number of hydrogen-bond donors (Lipinski definition) is 2. The number of carbonyl (C=O) groups is 1. The van der Waals surface area contributed by atoms with Crippen molar-refractivity contribution in [2.75, 3.05) is 18.0 Å². The molecule has 67 heavy (non-hydrogen) atoms. The quantitative estimate of drug-likeness (QED) is 0.0954. The number of H-pyrrole nitrogens is 1. The number of aromatic amines is 1. The second kappa shape index (κ2) is 18.5. The molecule has 13 nitrogen and oxygen atoms in total. The Labute approximate surface area is 384 Å². The van der Waals surface area contributed by atoms with Gasteiger partial charge in [-0.15, -0.1) is 0 Å². The molecule has 1 aliphatic carbocycles. The molecule has 2 N–H and O–H groups in total. The number of aryl methyl sites for hydroxylation is 1. The van der Waals surface area contributed by atoms with E-state index in [1.165, 1.54) is 12.3 Å². The third-order valence-electron chi connectivity index (χ3n) is 12.5. The summed E-state index contributed by atoms with van der Waals surface area (Å²) in [7, 11) is 0. The van der Waals surface area contributed by atoms with Crippen LogP contribution >= 0.6 is 0 Å². The van der Waals surface area contributed by atoms with Crippen molar-refractivity contribution in [3.05, 3.63) is 155 Å². The van der Waals surface area contributed by atoms with Crippen molar-refractivity contribution in [2.24, 2.45) is 5.41 Å². The molecule has 2 aliphatic rings. The van der Waals surface area contributed by atoms with Crippen molar-refractivity contribution < 1.29 is 36.6 Å². The van der Waals surface area contributed by atoms with Gasteiger partial charge in [0, 0.05) is 48.1 Å².